The Balaban J connectivity index is 1.50. The van der Waals surface area contributed by atoms with Crippen LogP contribution in [-0.4, -0.2) is 53.0 Å². The summed E-state index contributed by atoms with van der Waals surface area (Å²) in [4.78, 5) is 31.1. The SMILES string of the molecule is CSCCC(NC(=O)c1ccc(/C=C(\Cn2ccnc2)c2ccc(F)cc2)cc1-c1ccc(F)cc1)C(=O)NS(=O)(=O)c1c(C)noc1C. The third-order valence-corrected chi connectivity index (χ3v) is 9.85. The topological polar surface area (TPSA) is 136 Å². The molecule has 5 rings (SSSR count). The number of imidazole rings is 1. The van der Waals surface area contributed by atoms with Crippen molar-refractivity contribution in [2.45, 2.75) is 37.8 Å². The van der Waals surface area contributed by atoms with Crippen molar-refractivity contribution in [2.24, 2.45) is 0 Å². The molecule has 0 saturated carbocycles. The Bertz CT molecular complexity index is 2060. The Morgan fingerprint density at radius 2 is 1.71 bits per heavy atom. The molecule has 14 heteroatoms. The lowest BCUT2D eigenvalue weighted by atomic mass is 9.94. The first-order valence-corrected chi connectivity index (χ1v) is 17.9. The molecule has 2 N–H and O–H groups in total. The van der Waals surface area contributed by atoms with Gasteiger partial charge in [-0.15, -0.1) is 0 Å². The maximum Gasteiger partial charge on any atom is 0.269 e. The molecule has 0 bridgehead atoms. The fourth-order valence-electron chi connectivity index (χ4n) is 5.23. The van der Waals surface area contributed by atoms with Crippen molar-refractivity contribution in [3.63, 3.8) is 0 Å². The number of amides is 2. The zero-order valence-corrected chi connectivity index (χ0v) is 28.4. The van der Waals surface area contributed by atoms with E-state index in [9.17, 15) is 26.8 Å². The van der Waals surface area contributed by atoms with Crippen LogP contribution in [0.1, 0.15) is 39.4 Å². The van der Waals surface area contributed by atoms with E-state index < -0.39 is 33.7 Å². The molecular weight excluding hydrogens is 673 g/mol. The van der Waals surface area contributed by atoms with E-state index in [0.717, 1.165) is 11.1 Å². The van der Waals surface area contributed by atoms with Crippen molar-refractivity contribution >= 4 is 45.2 Å². The average Bonchev–Trinajstić information content (AvgIpc) is 3.71. The van der Waals surface area contributed by atoms with Crippen LogP contribution in [0.3, 0.4) is 0 Å². The molecule has 0 aliphatic rings. The molecule has 2 amide bonds. The standard InChI is InChI=1S/C35H33F2N5O5S2/c1-22-33(23(2)47-40-22)49(45,46)41-35(44)32(14-17-48-3)39-34(43)30-13-4-24(19-31(30)26-7-11-29(37)12-8-26)18-27(20-42-16-15-38-21-42)25-5-9-28(36)10-6-25/h4-13,15-16,18-19,21,32H,14,17,20H2,1-3H3,(H,39,43)(H,41,44)/b27-18+. The highest BCUT2D eigenvalue weighted by Crippen LogP contribution is 2.29. The van der Waals surface area contributed by atoms with Gasteiger partial charge >= 0.3 is 0 Å². The lowest BCUT2D eigenvalue weighted by molar-refractivity contribution is -0.121. The molecule has 0 saturated heterocycles. The molecule has 0 aliphatic carbocycles. The molecule has 1 unspecified atom stereocenters. The smallest absolute Gasteiger partial charge is 0.269 e. The van der Waals surface area contributed by atoms with Gasteiger partial charge in [-0.2, -0.15) is 11.8 Å². The highest BCUT2D eigenvalue weighted by Gasteiger charge is 2.30. The quantitative estimate of drug-likeness (QED) is 0.142. The van der Waals surface area contributed by atoms with Crippen LogP contribution >= 0.6 is 11.8 Å². The molecule has 5 aromatic rings. The zero-order chi connectivity index (χ0) is 35.1. The van der Waals surface area contributed by atoms with Crippen LogP contribution in [0.4, 0.5) is 8.78 Å². The molecule has 2 heterocycles. The Kier molecular flexibility index (Phi) is 11.1. The lowest BCUT2D eigenvalue weighted by Gasteiger charge is -2.20. The van der Waals surface area contributed by atoms with Gasteiger partial charge in [0.2, 0.25) is 0 Å². The summed E-state index contributed by atoms with van der Waals surface area (Å²) in [5.41, 5.74) is 3.54. The monoisotopic (exact) mass is 705 g/mol. The summed E-state index contributed by atoms with van der Waals surface area (Å²) in [5.74, 6) is -1.92. The Morgan fingerprint density at radius 1 is 1.02 bits per heavy atom. The number of allylic oxidation sites excluding steroid dienone is 1. The van der Waals surface area contributed by atoms with Crippen molar-refractivity contribution < 1.29 is 31.3 Å². The van der Waals surface area contributed by atoms with Crippen LogP contribution in [0.5, 0.6) is 0 Å². The van der Waals surface area contributed by atoms with Crippen LogP contribution in [-0.2, 0) is 21.4 Å². The van der Waals surface area contributed by atoms with Gasteiger partial charge in [0.1, 0.15) is 23.4 Å². The highest BCUT2D eigenvalue weighted by atomic mass is 32.2. The van der Waals surface area contributed by atoms with Crippen molar-refractivity contribution in [3.8, 4) is 11.1 Å². The Labute approximate surface area is 286 Å². The number of benzene rings is 3. The number of hydrogen-bond acceptors (Lipinski definition) is 8. The summed E-state index contributed by atoms with van der Waals surface area (Å²) < 4.78 is 62.8. The maximum atomic E-state index is 13.9. The van der Waals surface area contributed by atoms with E-state index in [0.29, 0.717) is 29.0 Å². The van der Waals surface area contributed by atoms with Gasteiger partial charge in [0.15, 0.2) is 10.7 Å². The number of aryl methyl sites for hydroxylation is 2. The molecule has 254 valence electrons. The number of carbonyl (C=O) groups excluding carboxylic acids is 2. The van der Waals surface area contributed by atoms with Gasteiger partial charge in [-0.25, -0.2) is 26.9 Å². The minimum atomic E-state index is -4.35. The van der Waals surface area contributed by atoms with Gasteiger partial charge in [-0.05, 0) is 103 Å². The van der Waals surface area contributed by atoms with Crippen molar-refractivity contribution in [2.75, 3.05) is 12.0 Å². The van der Waals surface area contributed by atoms with Gasteiger partial charge < -0.3 is 14.4 Å². The van der Waals surface area contributed by atoms with E-state index >= 15 is 0 Å². The largest absolute Gasteiger partial charge is 0.360 e. The predicted octanol–water partition coefficient (Wildman–Crippen LogP) is 6.03. The molecule has 0 fully saturated rings. The van der Waals surface area contributed by atoms with E-state index in [4.69, 9.17) is 4.52 Å². The number of carbonyl (C=O) groups is 2. The second-order valence-corrected chi connectivity index (χ2v) is 13.8. The van der Waals surface area contributed by atoms with Crippen molar-refractivity contribution in [1.82, 2.24) is 24.7 Å². The van der Waals surface area contributed by atoms with E-state index in [2.05, 4.69) is 20.2 Å². The third-order valence-electron chi connectivity index (χ3n) is 7.62. The van der Waals surface area contributed by atoms with E-state index in [1.807, 2.05) is 16.9 Å². The molecule has 2 aromatic heterocycles. The molecule has 0 radical (unpaired) electrons. The second-order valence-electron chi connectivity index (χ2n) is 11.2. The minimum Gasteiger partial charge on any atom is -0.360 e. The number of hydrogen-bond donors (Lipinski definition) is 2. The molecule has 10 nitrogen and oxygen atoms in total. The first kappa shape index (κ1) is 35.2. The van der Waals surface area contributed by atoms with E-state index in [1.165, 1.54) is 62.0 Å². The third kappa shape index (κ3) is 8.69. The van der Waals surface area contributed by atoms with Gasteiger partial charge in [0.05, 0.1) is 6.33 Å². The number of rotatable bonds is 13. The van der Waals surface area contributed by atoms with Crippen LogP contribution in [0.25, 0.3) is 22.8 Å². The number of sulfonamides is 1. The van der Waals surface area contributed by atoms with Crippen LogP contribution in [0, 0.1) is 25.5 Å². The van der Waals surface area contributed by atoms with Gasteiger partial charge in [0.25, 0.3) is 21.8 Å². The minimum absolute atomic E-state index is 0.0215. The first-order valence-electron chi connectivity index (χ1n) is 15.1. The summed E-state index contributed by atoms with van der Waals surface area (Å²) in [6.45, 7) is 3.28. The molecular formula is C35H33F2N5O5S2. The molecule has 49 heavy (non-hydrogen) atoms. The van der Waals surface area contributed by atoms with E-state index in [-0.39, 0.29) is 34.2 Å². The lowest BCUT2D eigenvalue weighted by Crippen LogP contribution is -2.48. The summed E-state index contributed by atoms with van der Waals surface area (Å²) in [6, 6.07) is 15.6. The van der Waals surface area contributed by atoms with Gasteiger partial charge in [-0.3, -0.25) is 9.59 Å². The summed E-state index contributed by atoms with van der Waals surface area (Å²) in [5, 5.41) is 6.36. The maximum absolute atomic E-state index is 13.9. The number of nitrogens with one attached hydrogen (secondary N) is 2. The molecule has 1 atom stereocenters. The molecule has 0 aliphatic heterocycles. The van der Waals surface area contributed by atoms with Crippen LogP contribution in [0.15, 0.2) is 94.9 Å². The summed E-state index contributed by atoms with van der Waals surface area (Å²) in [6.07, 6.45) is 8.98. The predicted molar refractivity (Wildman–Crippen MR) is 184 cm³/mol. The van der Waals surface area contributed by atoms with Gasteiger partial charge in [-0.1, -0.05) is 35.5 Å². The van der Waals surface area contributed by atoms with E-state index in [1.54, 1.807) is 49.1 Å². The summed E-state index contributed by atoms with van der Waals surface area (Å²) in [7, 11) is -4.35. The first-order chi connectivity index (χ1) is 23.4. The Morgan fingerprint density at radius 3 is 2.33 bits per heavy atom. The normalized spacial score (nSPS) is 12.5. The Hall–Kier alpha value is -5.08. The fraction of sp³-hybridized carbons (Fsp3) is 0.200. The molecule has 3 aromatic carbocycles. The summed E-state index contributed by atoms with van der Waals surface area (Å²) >= 11 is 1.43. The van der Waals surface area contributed by atoms with Gasteiger partial charge in [0, 0.05) is 24.5 Å². The molecule has 0 spiro atoms. The van der Waals surface area contributed by atoms with Crippen molar-refractivity contribution in [1.29, 1.82) is 0 Å². The fourth-order valence-corrected chi connectivity index (χ4v) is 7.06. The number of thioether (sulfide) groups is 1. The number of halogens is 2. The van der Waals surface area contributed by atoms with Crippen LogP contribution < -0.4 is 10.0 Å². The zero-order valence-electron chi connectivity index (χ0n) is 26.8. The number of nitrogens with zero attached hydrogens (tertiary/aromatic N) is 3. The second kappa shape index (κ2) is 15.4. The van der Waals surface area contributed by atoms with Crippen LogP contribution in [0.2, 0.25) is 0 Å². The van der Waals surface area contributed by atoms with Crippen molar-refractivity contribution in [3.05, 3.63) is 125 Å². The highest BCUT2D eigenvalue weighted by molar-refractivity contribution is 7.98. The number of aromatic nitrogens is 3. The average molecular weight is 706 g/mol.